The highest BCUT2D eigenvalue weighted by atomic mass is 35.5. The van der Waals surface area contributed by atoms with Crippen LogP contribution >= 0.6 is 11.6 Å². The quantitative estimate of drug-likeness (QED) is 0.325. The number of rotatable bonds is 6. The number of carbonyl (C=O) groups is 1. The number of hydrogen-bond acceptors (Lipinski definition) is 4. The van der Waals surface area contributed by atoms with Gasteiger partial charge in [0.15, 0.2) is 0 Å². The lowest BCUT2D eigenvalue weighted by Gasteiger charge is -2.28. The van der Waals surface area contributed by atoms with Crippen LogP contribution in [0.2, 0.25) is 5.02 Å². The summed E-state index contributed by atoms with van der Waals surface area (Å²) in [5.74, 6) is -1.31. The second-order valence-corrected chi connectivity index (χ2v) is 9.54. The summed E-state index contributed by atoms with van der Waals surface area (Å²) in [5.41, 5.74) is 3.58. The van der Waals surface area contributed by atoms with Crippen molar-refractivity contribution in [3.8, 4) is 5.75 Å². The van der Waals surface area contributed by atoms with Crippen molar-refractivity contribution in [2.24, 2.45) is 0 Å². The van der Waals surface area contributed by atoms with E-state index < -0.39 is 24.1 Å². The zero-order valence-corrected chi connectivity index (χ0v) is 20.5. The van der Waals surface area contributed by atoms with Crippen molar-refractivity contribution in [3.63, 3.8) is 0 Å². The zero-order chi connectivity index (χ0) is 25.3. The molecule has 1 aliphatic heterocycles. The molecule has 35 heavy (non-hydrogen) atoms. The van der Waals surface area contributed by atoms with Crippen molar-refractivity contribution in [1.29, 1.82) is 0 Å². The Morgan fingerprint density at radius 2 is 1.60 bits per heavy atom. The van der Waals surface area contributed by atoms with Crippen LogP contribution in [0.5, 0.6) is 5.75 Å². The molecule has 0 spiro atoms. The summed E-state index contributed by atoms with van der Waals surface area (Å²) in [7, 11) is 0. The van der Waals surface area contributed by atoms with Crippen molar-refractivity contribution >= 4 is 17.6 Å². The summed E-state index contributed by atoms with van der Waals surface area (Å²) in [6.45, 7) is 5.21. The number of cyclic esters (lactones) is 1. The number of aryl methyl sites for hydroxylation is 3. The molecule has 7 heteroatoms. The number of esters is 1. The molecule has 0 aromatic heterocycles. The Morgan fingerprint density at radius 3 is 2.14 bits per heavy atom. The molecule has 3 aromatic rings. The van der Waals surface area contributed by atoms with Gasteiger partial charge in [0.05, 0.1) is 12.5 Å². The fraction of sp³-hybridized carbons (Fsp3) is 0.321. The highest BCUT2D eigenvalue weighted by molar-refractivity contribution is 6.30. The Bertz CT molecular complexity index is 1210. The lowest BCUT2D eigenvalue weighted by atomic mass is 9.83. The Balaban J connectivity index is 1.81. The van der Waals surface area contributed by atoms with Gasteiger partial charge in [-0.15, -0.1) is 0 Å². The minimum Gasteiger partial charge on any atom is -0.489 e. The fourth-order valence-corrected chi connectivity index (χ4v) is 4.72. The standard InChI is InChI=1S/C28H27ClF2O4/c1-15-4-6-18(9-24(15)30)27(19-7-5-16(2)25(31)10-19)23-11-20(29)8-17(3)28(23)34-14-22-12-21(32)13-26(33)35-22/h4-11,21-22,27,32H,12-14H2,1-3H3. The van der Waals surface area contributed by atoms with E-state index in [0.717, 1.165) is 5.56 Å². The third-order valence-corrected chi connectivity index (χ3v) is 6.50. The van der Waals surface area contributed by atoms with Crippen molar-refractivity contribution < 1.29 is 28.2 Å². The average molecular weight is 501 g/mol. The molecule has 2 unspecified atom stereocenters. The van der Waals surface area contributed by atoms with Crippen LogP contribution < -0.4 is 4.74 Å². The summed E-state index contributed by atoms with van der Waals surface area (Å²) in [6.07, 6.45) is -1.17. The van der Waals surface area contributed by atoms with E-state index in [-0.39, 0.29) is 31.1 Å². The largest absolute Gasteiger partial charge is 0.489 e. The molecule has 0 bridgehead atoms. The number of ether oxygens (including phenoxy) is 2. The van der Waals surface area contributed by atoms with Gasteiger partial charge in [0.25, 0.3) is 0 Å². The Hall–Kier alpha value is -2.96. The molecule has 1 N–H and O–H groups in total. The minimum absolute atomic E-state index is 0.0233. The van der Waals surface area contributed by atoms with Crippen LogP contribution in [0.25, 0.3) is 0 Å². The first-order chi connectivity index (χ1) is 16.6. The first kappa shape index (κ1) is 25.1. The number of aliphatic hydroxyl groups is 1. The average Bonchev–Trinajstić information content (AvgIpc) is 2.77. The molecular formula is C28H27ClF2O4. The van der Waals surface area contributed by atoms with Crippen LogP contribution in [0.1, 0.15) is 52.1 Å². The lowest BCUT2D eigenvalue weighted by Crippen LogP contribution is -2.36. The summed E-state index contributed by atoms with van der Waals surface area (Å²) in [5, 5.41) is 10.4. The van der Waals surface area contributed by atoms with Crippen LogP contribution in [0.4, 0.5) is 8.78 Å². The molecule has 4 nitrogen and oxygen atoms in total. The van der Waals surface area contributed by atoms with E-state index in [0.29, 0.717) is 38.6 Å². The maximum absolute atomic E-state index is 14.6. The van der Waals surface area contributed by atoms with E-state index in [1.807, 2.05) is 6.92 Å². The third-order valence-electron chi connectivity index (χ3n) is 6.29. The topological polar surface area (TPSA) is 55.8 Å². The van der Waals surface area contributed by atoms with Crippen LogP contribution in [-0.4, -0.2) is 29.9 Å². The molecule has 0 amide bonds. The molecular weight excluding hydrogens is 474 g/mol. The molecule has 2 atom stereocenters. The maximum atomic E-state index is 14.6. The van der Waals surface area contributed by atoms with Gasteiger partial charge in [-0.05, 0) is 72.9 Å². The number of halogens is 3. The summed E-state index contributed by atoms with van der Waals surface area (Å²) in [4.78, 5) is 11.7. The monoisotopic (exact) mass is 500 g/mol. The molecule has 0 aliphatic carbocycles. The molecule has 1 heterocycles. The SMILES string of the molecule is Cc1ccc(C(c2ccc(C)c(F)c2)c2cc(Cl)cc(C)c2OCC2CC(O)CC(=O)O2)cc1F. The van der Waals surface area contributed by atoms with Crippen molar-refractivity contribution in [3.05, 3.63) is 98.6 Å². The number of carbonyl (C=O) groups excluding carboxylic acids is 1. The van der Waals surface area contributed by atoms with Crippen molar-refractivity contribution in [2.75, 3.05) is 6.61 Å². The molecule has 4 rings (SSSR count). The smallest absolute Gasteiger partial charge is 0.308 e. The van der Waals surface area contributed by atoms with Gasteiger partial charge >= 0.3 is 5.97 Å². The van der Waals surface area contributed by atoms with Crippen LogP contribution in [0, 0.1) is 32.4 Å². The zero-order valence-electron chi connectivity index (χ0n) is 19.8. The molecule has 1 saturated heterocycles. The van der Waals surface area contributed by atoms with Crippen molar-refractivity contribution in [1.82, 2.24) is 0 Å². The highest BCUT2D eigenvalue weighted by Crippen LogP contribution is 2.41. The van der Waals surface area contributed by atoms with Crippen LogP contribution in [0.15, 0.2) is 48.5 Å². The van der Waals surface area contributed by atoms with Gasteiger partial charge in [-0.25, -0.2) is 8.78 Å². The first-order valence-electron chi connectivity index (χ1n) is 11.4. The molecule has 1 fully saturated rings. The summed E-state index contributed by atoms with van der Waals surface area (Å²) >= 11 is 6.44. The summed E-state index contributed by atoms with van der Waals surface area (Å²) in [6, 6.07) is 13.3. The van der Waals surface area contributed by atoms with E-state index in [1.54, 1.807) is 50.2 Å². The van der Waals surface area contributed by atoms with E-state index in [4.69, 9.17) is 21.1 Å². The van der Waals surface area contributed by atoms with Gasteiger partial charge in [0.1, 0.15) is 30.1 Å². The van der Waals surface area contributed by atoms with E-state index in [1.165, 1.54) is 12.1 Å². The van der Waals surface area contributed by atoms with E-state index in [2.05, 4.69) is 0 Å². The van der Waals surface area contributed by atoms with E-state index >= 15 is 0 Å². The Kier molecular flexibility index (Phi) is 7.43. The van der Waals surface area contributed by atoms with Gasteiger partial charge in [-0.2, -0.15) is 0 Å². The van der Waals surface area contributed by atoms with Gasteiger partial charge < -0.3 is 14.6 Å². The normalized spacial score (nSPS) is 18.0. The summed E-state index contributed by atoms with van der Waals surface area (Å²) < 4.78 is 40.7. The molecule has 0 radical (unpaired) electrons. The molecule has 0 saturated carbocycles. The highest BCUT2D eigenvalue weighted by Gasteiger charge is 2.29. The van der Waals surface area contributed by atoms with Gasteiger partial charge in [0, 0.05) is 22.9 Å². The second kappa shape index (κ2) is 10.3. The first-order valence-corrected chi connectivity index (χ1v) is 11.8. The molecule has 3 aromatic carbocycles. The molecule has 1 aliphatic rings. The predicted octanol–water partition coefficient (Wildman–Crippen LogP) is 6.17. The number of hydrogen-bond donors (Lipinski definition) is 1. The van der Waals surface area contributed by atoms with Gasteiger partial charge in [-0.1, -0.05) is 35.9 Å². The lowest BCUT2D eigenvalue weighted by molar-refractivity contribution is -0.162. The third kappa shape index (κ3) is 5.65. The predicted molar refractivity (Wildman–Crippen MR) is 130 cm³/mol. The Morgan fingerprint density at radius 1 is 1.00 bits per heavy atom. The second-order valence-electron chi connectivity index (χ2n) is 9.11. The Labute approximate surface area is 208 Å². The maximum Gasteiger partial charge on any atom is 0.308 e. The minimum atomic E-state index is -0.783. The van der Waals surface area contributed by atoms with Crippen LogP contribution in [-0.2, 0) is 9.53 Å². The van der Waals surface area contributed by atoms with Crippen LogP contribution in [0.3, 0.4) is 0 Å². The fourth-order valence-electron chi connectivity index (χ4n) is 4.44. The molecule has 184 valence electrons. The number of benzene rings is 3. The number of aliphatic hydroxyl groups excluding tert-OH is 1. The van der Waals surface area contributed by atoms with E-state index in [9.17, 15) is 18.7 Å². The van der Waals surface area contributed by atoms with Gasteiger partial charge in [-0.3, -0.25) is 4.79 Å². The van der Waals surface area contributed by atoms with Crippen molar-refractivity contribution in [2.45, 2.75) is 51.7 Å². The van der Waals surface area contributed by atoms with Gasteiger partial charge in [0.2, 0.25) is 0 Å².